The number of rotatable bonds is 9. The summed E-state index contributed by atoms with van der Waals surface area (Å²) < 4.78 is 13.3. The fraction of sp³-hybridized carbons (Fsp3) is 0.129. The van der Waals surface area contributed by atoms with Gasteiger partial charge in [-0.15, -0.1) is 0 Å². The second kappa shape index (κ2) is 11.0. The zero-order chi connectivity index (χ0) is 26.5. The molecule has 0 radical (unpaired) electrons. The minimum absolute atomic E-state index is 0.0281. The topological polar surface area (TPSA) is 103 Å². The van der Waals surface area contributed by atoms with E-state index >= 15 is 0 Å². The first-order valence-corrected chi connectivity index (χ1v) is 12.4. The maximum absolute atomic E-state index is 12.1. The zero-order valence-corrected chi connectivity index (χ0v) is 21.1. The van der Waals surface area contributed by atoms with Crippen LogP contribution in [0.15, 0.2) is 97.1 Å². The number of carbonyl (C=O) groups is 1. The number of esters is 1. The summed E-state index contributed by atoms with van der Waals surface area (Å²) in [4.78, 5) is 12.1. The van der Waals surface area contributed by atoms with Crippen molar-refractivity contribution in [2.24, 2.45) is 5.73 Å². The van der Waals surface area contributed by atoms with E-state index in [1.807, 2.05) is 95.7 Å². The van der Waals surface area contributed by atoms with Gasteiger partial charge in [-0.3, -0.25) is 10.2 Å². The minimum atomic E-state index is -0.292. The van der Waals surface area contributed by atoms with Crippen molar-refractivity contribution in [2.45, 2.75) is 20.0 Å². The lowest BCUT2D eigenvalue weighted by Gasteiger charge is -2.10. The number of hydrogen-bond donors (Lipinski definition) is 2. The van der Waals surface area contributed by atoms with Crippen LogP contribution in [-0.2, 0) is 22.6 Å². The van der Waals surface area contributed by atoms with Gasteiger partial charge in [-0.25, -0.2) is 4.68 Å². The molecule has 38 heavy (non-hydrogen) atoms. The molecule has 0 fully saturated rings. The third-order valence-electron chi connectivity index (χ3n) is 6.24. The van der Waals surface area contributed by atoms with Gasteiger partial charge < -0.3 is 15.2 Å². The maximum Gasteiger partial charge on any atom is 0.310 e. The minimum Gasteiger partial charge on any atom is -0.487 e. The maximum atomic E-state index is 12.1. The van der Waals surface area contributed by atoms with Crippen molar-refractivity contribution >= 4 is 22.7 Å². The first kappa shape index (κ1) is 24.8. The van der Waals surface area contributed by atoms with Gasteiger partial charge in [-0.1, -0.05) is 60.7 Å². The van der Waals surface area contributed by atoms with E-state index in [4.69, 9.17) is 25.7 Å². The number of carbonyl (C=O) groups excluding carboxylic acids is 1. The largest absolute Gasteiger partial charge is 0.487 e. The summed E-state index contributed by atoms with van der Waals surface area (Å²) in [6.45, 7) is 2.34. The molecule has 3 N–H and O–H groups in total. The molecule has 190 valence electrons. The second-order valence-electron chi connectivity index (χ2n) is 8.80. The van der Waals surface area contributed by atoms with E-state index in [1.165, 1.54) is 0 Å². The Hall–Kier alpha value is -4.91. The third kappa shape index (κ3) is 5.27. The van der Waals surface area contributed by atoms with Gasteiger partial charge in [0.1, 0.15) is 23.9 Å². The summed E-state index contributed by atoms with van der Waals surface area (Å²) in [5.41, 5.74) is 11.7. The molecule has 0 saturated heterocycles. The molecule has 1 aromatic heterocycles. The number of nitrogen functional groups attached to an aromatic ring is 1. The Bertz CT molecular complexity index is 1610. The molecular weight excluding hydrogens is 476 g/mol. The first-order valence-electron chi connectivity index (χ1n) is 12.4. The number of hydrogen-bond acceptors (Lipinski definition) is 5. The van der Waals surface area contributed by atoms with Crippen molar-refractivity contribution in [3.05, 3.63) is 114 Å². The lowest BCUT2D eigenvalue weighted by molar-refractivity contribution is -0.142. The third-order valence-corrected chi connectivity index (χ3v) is 6.24. The van der Waals surface area contributed by atoms with Crippen molar-refractivity contribution in [2.75, 3.05) is 6.61 Å². The highest BCUT2D eigenvalue weighted by Gasteiger charge is 2.16. The van der Waals surface area contributed by atoms with E-state index in [0.717, 1.165) is 39.0 Å². The Morgan fingerprint density at radius 2 is 1.68 bits per heavy atom. The Morgan fingerprint density at radius 3 is 2.47 bits per heavy atom. The second-order valence-corrected chi connectivity index (χ2v) is 8.80. The van der Waals surface area contributed by atoms with E-state index < -0.39 is 0 Å². The summed E-state index contributed by atoms with van der Waals surface area (Å²) in [6.07, 6.45) is 0.139. The van der Waals surface area contributed by atoms with E-state index in [2.05, 4.69) is 6.07 Å². The van der Waals surface area contributed by atoms with Gasteiger partial charge in [0.25, 0.3) is 0 Å². The van der Waals surface area contributed by atoms with Crippen molar-refractivity contribution in [1.82, 2.24) is 9.78 Å². The standard InChI is InChI=1S/C31H28N4O3/c1-2-37-30(36)19-23-9-6-7-14-29(23)38-20-27-26-18-22(21-10-8-11-24(17-21)31(32)33)15-16-28(26)35(34-27)25-12-4-3-5-13-25/h3-18H,2,19-20H2,1H3,(H3,32,33). The van der Waals surface area contributed by atoms with Gasteiger partial charge in [-0.05, 0) is 54.4 Å². The fourth-order valence-electron chi connectivity index (χ4n) is 4.40. The number of nitrogens with one attached hydrogen (secondary N) is 1. The van der Waals surface area contributed by atoms with Gasteiger partial charge in [0.2, 0.25) is 0 Å². The van der Waals surface area contributed by atoms with E-state index in [9.17, 15) is 4.79 Å². The SMILES string of the molecule is CCOC(=O)Cc1ccccc1OCc1nn(-c2ccccc2)c2ccc(-c3cccc(C(=N)N)c3)cc12. The number of ether oxygens (including phenoxy) is 2. The molecule has 5 rings (SSSR count). The molecule has 1 heterocycles. The van der Waals surface area contributed by atoms with Gasteiger partial charge in [0.05, 0.1) is 24.2 Å². The van der Waals surface area contributed by atoms with Crippen LogP contribution in [-0.4, -0.2) is 28.2 Å². The van der Waals surface area contributed by atoms with E-state index in [0.29, 0.717) is 17.9 Å². The molecule has 0 amide bonds. The molecular formula is C31H28N4O3. The van der Waals surface area contributed by atoms with Crippen LogP contribution in [0, 0.1) is 5.41 Å². The van der Waals surface area contributed by atoms with Crippen molar-refractivity contribution < 1.29 is 14.3 Å². The highest BCUT2D eigenvalue weighted by molar-refractivity contribution is 5.96. The van der Waals surface area contributed by atoms with Crippen LogP contribution >= 0.6 is 0 Å². The van der Waals surface area contributed by atoms with E-state index in [-0.39, 0.29) is 24.8 Å². The van der Waals surface area contributed by atoms with Crippen LogP contribution in [0.2, 0.25) is 0 Å². The fourth-order valence-corrected chi connectivity index (χ4v) is 4.40. The Balaban J connectivity index is 1.53. The number of aromatic nitrogens is 2. The Kier molecular flexibility index (Phi) is 7.17. The average molecular weight is 505 g/mol. The van der Waals surface area contributed by atoms with Gasteiger partial charge in [0.15, 0.2) is 0 Å². The highest BCUT2D eigenvalue weighted by atomic mass is 16.5. The summed E-state index contributed by atoms with van der Waals surface area (Å²) in [7, 11) is 0. The Labute approximate surface area is 220 Å². The average Bonchev–Trinajstić information content (AvgIpc) is 3.31. The van der Waals surface area contributed by atoms with Gasteiger partial charge in [-0.2, -0.15) is 5.10 Å². The number of para-hydroxylation sites is 2. The van der Waals surface area contributed by atoms with Gasteiger partial charge >= 0.3 is 5.97 Å². The summed E-state index contributed by atoms with van der Waals surface area (Å²) in [5, 5.41) is 13.7. The number of nitrogens with two attached hydrogens (primary N) is 1. The smallest absolute Gasteiger partial charge is 0.310 e. The normalized spacial score (nSPS) is 10.9. The molecule has 0 unspecified atom stereocenters. The van der Waals surface area contributed by atoms with Crippen LogP contribution in [0.5, 0.6) is 5.75 Å². The molecule has 0 aliphatic rings. The molecule has 7 nitrogen and oxygen atoms in total. The number of nitrogens with zero attached hydrogens (tertiary/aromatic N) is 2. The molecule has 0 atom stereocenters. The molecule has 4 aromatic carbocycles. The lowest BCUT2D eigenvalue weighted by atomic mass is 10.0. The molecule has 0 aliphatic carbocycles. The Morgan fingerprint density at radius 1 is 0.921 bits per heavy atom. The summed E-state index contributed by atoms with van der Waals surface area (Å²) in [5.74, 6) is 0.355. The molecule has 0 saturated carbocycles. The van der Waals surface area contributed by atoms with Crippen molar-refractivity contribution in [3.63, 3.8) is 0 Å². The van der Waals surface area contributed by atoms with Crippen LogP contribution in [0.4, 0.5) is 0 Å². The summed E-state index contributed by atoms with van der Waals surface area (Å²) in [6, 6.07) is 31.2. The molecule has 0 bridgehead atoms. The van der Waals surface area contributed by atoms with Crippen LogP contribution < -0.4 is 10.5 Å². The predicted octanol–water partition coefficient (Wildman–Crippen LogP) is 5.66. The number of fused-ring (bicyclic) bond motifs is 1. The molecule has 0 spiro atoms. The van der Waals surface area contributed by atoms with E-state index in [1.54, 1.807) is 6.92 Å². The number of benzene rings is 4. The quantitative estimate of drug-likeness (QED) is 0.153. The first-order chi connectivity index (χ1) is 18.5. The van der Waals surface area contributed by atoms with Crippen molar-refractivity contribution in [1.29, 1.82) is 5.41 Å². The lowest BCUT2D eigenvalue weighted by Crippen LogP contribution is -2.10. The van der Waals surface area contributed by atoms with Crippen molar-refractivity contribution in [3.8, 4) is 22.6 Å². The van der Waals surface area contributed by atoms with Crippen LogP contribution in [0.1, 0.15) is 23.7 Å². The number of amidine groups is 1. The van der Waals surface area contributed by atoms with Crippen LogP contribution in [0.25, 0.3) is 27.7 Å². The monoisotopic (exact) mass is 504 g/mol. The molecule has 5 aromatic rings. The zero-order valence-electron chi connectivity index (χ0n) is 21.1. The highest BCUT2D eigenvalue weighted by Crippen LogP contribution is 2.30. The molecule has 7 heteroatoms. The van der Waals surface area contributed by atoms with Gasteiger partial charge in [0, 0.05) is 16.5 Å². The van der Waals surface area contributed by atoms with Crippen LogP contribution in [0.3, 0.4) is 0 Å². The molecule has 0 aliphatic heterocycles. The predicted molar refractivity (Wildman–Crippen MR) is 149 cm³/mol. The summed E-state index contributed by atoms with van der Waals surface area (Å²) >= 11 is 0.